The van der Waals surface area contributed by atoms with E-state index in [2.05, 4.69) is 32.9 Å². The molecule has 1 N–H and O–H groups in total. The maximum atomic E-state index is 13.4. The Labute approximate surface area is 215 Å². The smallest absolute Gasteiger partial charge is 0.324 e. The number of quaternary nitrogens is 1. The number of ether oxygens (including phenoxy) is 2. The van der Waals surface area contributed by atoms with Crippen LogP contribution in [-0.2, 0) is 0 Å². The lowest BCUT2D eigenvalue weighted by Crippen LogP contribution is -2.65. The molecule has 0 aromatic heterocycles. The zero-order chi connectivity index (χ0) is 25.7. The van der Waals surface area contributed by atoms with Crippen LogP contribution in [0.3, 0.4) is 0 Å². The molecule has 0 spiro atoms. The van der Waals surface area contributed by atoms with Gasteiger partial charge in [-0.2, -0.15) is 0 Å². The molecule has 36 heavy (non-hydrogen) atoms. The molecule has 2 heterocycles. The lowest BCUT2D eigenvalue weighted by atomic mass is 10.1. The summed E-state index contributed by atoms with van der Waals surface area (Å²) in [5.74, 6) is 1.42. The number of hydrogen-bond donors (Lipinski definition) is 1. The first kappa shape index (κ1) is 26.3. The molecule has 7 nitrogen and oxygen atoms in total. The van der Waals surface area contributed by atoms with Crippen molar-refractivity contribution >= 4 is 11.7 Å². The fraction of sp³-hybridized carbons (Fsp3) is 0.552. The number of aliphatic hydroxyl groups excluding tert-OH is 1. The first-order chi connectivity index (χ1) is 17.3. The third-order valence-electron chi connectivity index (χ3n) is 7.79. The third kappa shape index (κ3) is 5.79. The minimum atomic E-state index is -0.639. The van der Waals surface area contributed by atoms with E-state index in [0.29, 0.717) is 32.0 Å². The molecule has 2 amide bonds. The summed E-state index contributed by atoms with van der Waals surface area (Å²) in [6.45, 7) is 11.3. The second kappa shape index (κ2) is 11.5. The van der Waals surface area contributed by atoms with Crippen molar-refractivity contribution in [2.45, 2.75) is 52.2 Å². The summed E-state index contributed by atoms with van der Waals surface area (Å²) >= 11 is 0. The molecule has 2 aliphatic heterocycles. The molecule has 2 unspecified atom stereocenters. The van der Waals surface area contributed by atoms with Gasteiger partial charge in [-0.1, -0.05) is 43.7 Å². The van der Waals surface area contributed by atoms with Crippen molar-refractivity contribution in [1.29, 1.82) is 0 Å². The van der Waals surface area contributed by atoms with Crippen LogP contribution in [0.2, 0.25) is 0 Å². The van der Waals surface area contributed by atoms with Crippen LogP contribution in [0.15, 0.2) is 42.5 Å². The van der Waals surface area contributed by atoms with Gasteiger partial charge in [-0.05, 0) is 49.9 Å². The quantitative estimate of drug-likeness (QED) is 0.435. The second-order valence-electron chi connectivity index (χ2n) is 10.5. The summed E-state index contributed by atoms with van der Waals surface area (Å²) < 4.78 is 12.8. The molecule has 4 rings (SSSR count). The average molecular weight is 497 g/mol. The van der Waals surface area contributed by atoms with E-state index in [1.807, 2.05) is 42.3 Å². The summed E-state index contributed by atoms with van der Waals surface area (Å²) in [5.41, 5.74) is 3.20. The maximum absolute atomic E-state index is 13.4. The third-order valence-corrected chi connectivity index (χ3v) is 7.79. The monoisotopic (exact) mass is 496 g/mol. The number of carbonyl (C=O) groups is 1. The lowest BCUT2D eigenvalue weighted by Gasteiger charge is -2.47. The van der Waals surface area contributed by atoms with Crippen LogP contribution in [0.25, 0.3) is 0 Å². The highest BCUT2D eigenvalue weighted by Crippen LogP contribution is 2.32. The first-order valence-electron chi connectivity index (χ1n) is 13.3. The van der Waals surface area contributed by atoms with Crippen molar-refractivity contribution in [3.63, 3.8) is 0 Å². The molecule has 0 bridgehead atoms. The van der Waals surface area contributed by atoms with Crippen LogP contribution >= 0.6 is 0 Å². The average Bonchev–Trinajstić information content (AvgIpc) is 2.88. The summed E-state index contributed by atoms with van der Waals surface area (Å²) in [4.78, 5) is 17.2. The van der Waals surface area contributed by atoms with Crippen LogP contribution in [0.5, 0.6) is 11.5 Å². The van der Waals surface area contributed by atoms with Crippen molar-refractivity contribution in [1.82, 2.24) is 4.90 Å². The van der Waals surface area contributed by atoms with E-state index in [0.717, 1.165) is 59.5 Å². The van der Waals surface area contributed by atoms with E-state index in [-0.39, 0.29) is 6.03 Å². The van der Waals surface area contributed by atoms with Gasteiger partial charge in [-0.25, -0.2) is 4.79 Å². The van der Waals surface area contributed by atoms with Gasteiger partial charge in [0.25, 0.3) is 0 Å². The van der Waals surface area contributed by atoms with Gasteiger partial charge in [-0.3, -0.25) is 4.90 Å². The number of benzene rings is 2. The van der Waals surface area contributed by atoms with E-state index in [1.165, 1.54) is 6.42 Å². The molecule has 1 fully saturated rings. The van der Waals surface area contributed by atoms with Gasteiger partial charge in [0.1, 0.15) is 19.3 Å². The number of piperazine rings is 1. The van der Waals surface area contributed by atoms with Crippen molar-refractivity contribution in [2.75, 3.05) is 57.8 Å². The standard InChI is InChI=1S/C29H42N3O4/c1-5-6-9-17-32(20-24(33)27-21-35-25-13-7-8-14-26(25)36-27)18-15-31(16-19-32)29(34)30(4)28-22(2)11-10-12-23(28)3/h7-8,10-14,24,27,33H,5-6,9,15-21H2,1-4H3/q+1. The van der Waals surface area contributed by atoms with Gasteiger partial charge in [-0.15, -0.1) is 0 Å². The Bertz CT molecular complexity index is 1010. The van der Waals surface area contributed by atoms with Gasteiger partial charge in [0.2, 0.25) is 0 Å². The van der Waals surface area contributed by atoms with Crippen LogP contribution in [0, 0.1) is 13.8 Å². The Morgan fingerprint density at radius 2 is 1.75 bits per heavy atom. The number of fused-ring (bicyclic) bond motifs is 1. The maximum Gasteiger partial charge on any atom is 0.324 e. The molecule has 2 aromatic rings. The van der Waals surface area contributed by atoms with Crippen molar-refractivity contribution in [3.8, 4) is 11.5 Å². The number of carbonyl (C=O) groups excluding carboxylic acids is 1. The van der Waals surface area contributed by atoms with Gasteiger partial charge < -0.3 is 24.0 Å². The number of para-hydroxylation sites is 3. The molecule has 0 saturated carbocycles. The molecule has 2 atom stereocenters. The summed E-state index contributed by atoms with van der Waals surface area (Å²) in [6.07, 6.45) is 2.41. The first-order valence-corrected chi connectivity index (χ1v) is 13.3. The van der Waals surface area contributed by atoms with E-state index in [9.17, 15) is 9.90 Å². The number of amides is 2. The predicted octanol–water partition coefficient (Wildman–Crippen LogP) is 4.38. The Balaban J connectivity index is 1.42. The Hall–Kier alpha value is -2.77. The van der Waals surface area contributed by atoms with Crippen molar-refractivity contribution < 1.29 is 23.9 Å². The number of hydrogen-bond acceptors (Lipinski definition) is 4. The minimum Gasteiger partial charge on any atom is -0.486 e. The van der Waals surface area contributed by atoms with Crippen LogP contribution in [0.1, 0.15) is 37.3 Å². The van der Waals surface area contributed by atoms with Gasteiger partial charge in [0.05, 0.1) is 38.4 Å². The zero-order valence-electron chi connectivity index (χ0n) is 22.3. The molecule has 2 aliphatic rings. The molecule has 7 heteroatoms. The summed E-state index contributed by atoms with van der Waals surface area (Å²) in [7, 11) is 1.87. The zero-order valence-corrected chi connectivity index (χ0v) is 22.3. The van der Waals surface area contributed by atoms with Crippen LogP contribution < -0.4 is 14.4 Å². The highest BCUT2D eigenvalue weighted by molar-refractivity contribution is 5.93. The Kier molecular flexibility index (Phi) is 8.42. The largest absolute Gasteiger partial charge is 0.486 e. The Morgan fingerprint density at radius 3 is 2.42 bits per heavy atom. The van der Waals surface area contributed by atoms with E-state index >= 15 is 0 Å². The number of aliphatic hydroxyl groups is 1. The number of aryl methyl sites for hydroxylation is 2. The number of unbranched alkanes of at least 4 members (excludes halogenated alkanes) is 2. The number of urea groups is 1. The molecule has 2 aromatic carbocycles. The molecule has 1 saturated heterocycles. The molecule has 0 radical (unpaired) electrons. The van der Waals surface area contributed by atoms with Crippen LogP contribution in [-0.4, -0.2) is 85.7 Å². The van der Waals surface area contributed by atoms with Crippen LogP contribution in [0.4, 0.5) is 10.5 Å². The highest BCUT2D eigenvalue weighted by atomic mass is 16.6. The van der Waals surface area contributed by atoms with E-state index in [1.54, 1.807) is 4.90 Å². The fourth-order valence-corrected chi connectivity index (χ4v) is 5.66. The molecular formula is C29H42N3O4+. The molecule has 0 aliphatic carbocycles. The highest BCUT2D eigenvalue weighted by Gasteiger charge is 2.40. The van der Waals surface area contributed by atoms with E-state index < -0.39 is 12.2 Å². The minimum absolute atomic E-state index is 0.0416. The normalized spacial score (nSPS) is 19.6. The van der Waals surface area contributed by atoms with Gasteiger partial charge >= 0.3 is 6.03 Å². The summed E-state index contributed by atoms with van der Waals surface area (Å²) in [6, 6.07) is 13.8. The number of nitrogens with zero attached hydrogens (tertiary/aromatic N) is 3. The van der Waals surface area contributed by atoms with Crippen molar-refractivity contribution in [2.24, 2.45) is 0 Å². The molecular weight excluding hydrogens is 454 g/mol. The molecule has 196 valence electrons. The van der Waals surface area contributed by atoms with Crippen molar-refractivity contribution in [3.05, 3.63) is 53.6 Å². The summed E-state index contributed by atoms with van der Waals surface area (Å²) in [5, 5.41) is 11.2. The number of rotatable bonds is 8. The number of anilines is 1. The second-order valence-corrected chi connectivity index (χ2v) is 10.5. The predicted molar refractivity (Wildman–Crippen MR) is 143 cm³/mol. The Morgan fingerprint density at radius 1 is 1.08 bits per heavy atom. The topological polar surface area (TPSA) is 62.2 Å². The lowest BCUT2D eigenvalue weighted by molar-refractivity contribution is -0.934. The van der Waals surface area contributed by atoms with E-state index in [4.69, 9.17) is 9.47 Å². The SMILES string of the molecule is CCCCC[N+]1(CC(O)C2COc3ccccc3O2)CCN(C(=O)N(C)c2c(C)cccc2C)CC1. The fourth-order valence-electron chi connectivity index (χ4n) is 5.66. The van der Waals surface area contributed by atoms with Gasteiger partial charge in [0, 0.05) is 7.05 Å². The van der Waals surface area contributed by atoms with Gasteiger partial charge in [0.15, 0.2) is 17.6 Å².